The third-order valence-electron chi connectivity index (χ3n) is 1.74. The molecule has 80 valence electrons. The number of anilines is 2. The molecule has 0 radical (unpaired) electrons. The van der Waals surface area contributed by atoms with Crippen molar-refractivity contribution in [3.8, 4) is 0 Å². The van der Waals surface area contributed by atoms with Gasteiger partial charge in [0.2, 0.25) is 0 Å². The van der Waals surface area contributed by atoms with Crippen molar-refractivity contribution >= 4 is 22.0 Å². The molecule has 0 saturated heterocycles. The first-order valence-electron chi connectivity index (χ1n) is 5.17. The van der Waals surface area contributed by atoms with E-state index in [1.165, 1.54) is 10.7 Å². The average molecular weight is 212 g/mol. The second-order valence-electron chi connectivity index (χ2n) is 4.27. The Labute approximate surface area is 90.7 Å². The van der Waals surface area contributed by atoms with E-state index in [4.69, 9.17) is 0 Å². The summed E-state index contributed by atoms with van der Waals surface area (Å²) in [7, 11) is 0. The predicted octanol–water partition coefficient (Wildman–Crippen LogP) is 3.64. The van der Waals surface area contributed by atoms with Crippen LogP contribution in [0.1, 0.15) is 27.7 Å². The molecule has 2 nitrogen and oxygen atoms in total. The molecule has 0 aromatic carbocycles. The lowest BCUT2D eigenvalue weighted by atomic mass is 10.2. The van der Waals surface area contributed by atoms with Crippen LogP contribution in [0.3, 0.4) is 0 Å². The van der Waals surface area contributed by atoms with Crippen LogP contribution >= 0.6 is 11.3 Å². The molecule has 0 atom stereocenters. The standard InChI is InChI=1S/C11H20N2S/c1-8(2)6-12-11-5-10(7-14-11)13-9(3)4/h5,7-9,12-13H,6H2,1-4H3. The molecule has 1 heterocycles. The monoisotopic (exact) mass is 212 g/mol. The first-order valence-corrected chi connectivity index (χ1v) is 6.05. The Morgan fingerprint density at radius 1 is 1.29 bits per heavy atom. The molecular formula is C11H20N2S. The molecule has 1 aromatic heterocycles. The minimum atomic E-state index is 0.502. The zero-order valence-corrected chi connectivity index (χ0v) is 10.2. The van der Waals surface area contributed by atoms with Crippen LogP contribution < -0.4 is 10.6 Å². The topological polar surface area (TPSA) is 24.1 Å². The fourth-order valence-corrected chi connectivity index (χ4v) is 1.89. The maximum atomic E-state index is 3.42. The molecule has 0 aliphatic carbocycles. The first-order chi connectivity index (χ1) is 6.58. The summed E-state index contributed by atoms with van der Waals surface area (Å²) in [5.41, 5.74) is 1.22. The summed E-state index contributed by atoms with van der Waals surface area (Å²) in [6, 6.07) is 2.68. The number of hydrogen-bond acceptors (Lipinski definition) is 3. The van der Waals surface area contributed by atoms with E-state index in [9.17, 15) is 0 Å². The smallest absolute Gasteiger partial charge is 0.0904 e. The van der Waals surface area contributed by atoms with Gasteiger partial charge >= 0.3 is 0 Å². The van der Waals surface area contributed by atoms with Gasteiger partial charge in [-0.2, -0.15) is 0 Å². The van der Waals surface area contributed by atoms with Gasteiger partial charge in [0.25, 0.3) is 0 Å². The van der Waals surface area contributed by atoms with Crippen LogP contribution in [0.2, 0.25) is 0 Å². The molecular weight excluding hydrogens is 192 g/mol. The Morgan fingerprint density at radius 2 is 2.00 bits per heavy atom. The highest BCUT2D eigenvalue weighted by Crippen LogP contribution is 2.24. The second-order valence-corrected chi connectivity index (χ2v) is 5.18. The van der Waals surface area contributed by atoms with Crippen LogP contribution in [0.4, 0.5) is 10.7 Å². The third kappa shape index (κ3) is 4.01. The number of nitrogens with one attached hydrogen (secondary N) is 2. The van der Waals surface area contributed by atoms with Crippen molar-refractivity contribution in [2.75, 3.05) is 17.2 Å². The molecule has 2 N–H and O–H groups in total. The van der Waals surface area contributed by atoms with Crippen molar-refractivity contribution < 1.29 is 0 Å². The minimum absolute atomic E-state index is 0.502. The Balaban J connectivity index is 2.42. The van der Waals surface area contributed by atoms with Gasteiger partial charge in [-0.3, -0.25) is 0 Å². The van der Waals surface area contributed by atoms with Gasteiger partial charge in [0.05, 0.1) is 5.00 Å². The van der Waals surface area contributed by atoms with Crippen molar-refractivity contribution in [2.24, 2.45) is 5.92 Å². The quantitative estimate of drug-likeness (QED) is 0.778. The van der Waals surface area contributed by atoms with Gasteiger partial charge in [-0.25, -0.2) is 0 Å². The Kier molecular flexibility index (Phi) is 4.26. The highest BCUT2D eigenvalue weighted by Gasteiger charge is 2.01. The molecule has 14 heavy (non-hydrogen) atoms. The average Bonchev–Trinajstić information content (AvgIpc) is 2.47. The molecule has 3 heteroatoms. The third-order valence-corrected chi connectivity index (χ3v) is 2.63. The Hall–Kier alpha value is -0.700. The Bertz CT molecular complexity index is 266. The van der Waals surface area contributed by atoms with E-state index in [1.807, 2.05) is 0 Å². The van der Waals surface area contributed by atoms with E-state index in [2.05, 4.69) is 49.8 Å². The summed E-state index contributed by atoms with van der Waals surface area (Å²) in [5, 5.41) is 10.2. The van der Waals surface area contributed by atoms with Gasteiger partial charge in [0.1, 0.15) is 0 Å². The zero-order valence-electron chi connectivity index (χ0n) is 9.42. The summed E-state index contributed by atoms with van der Waals surface area (Å²) in [4.78, 5) is 0. The van der Waals surface area contributed by atoms with Crippen LogP contribution in [0, 0.1) is 5.92 Å². The lowest BCUT2D eigenvalue weighted by molar-refractivity contribution is 0.690. The van der Waals surface area contributed by atoms with Crippen LogP contribution in [0.15, 0.2) is 11.4 Å². The largest absolute Gasteiger partial charge is 0.382 e. The summed E-state index contributed by atoms with van der Waals surface area (Å²) < 4.78 is 0. The van der Waals surface area contributed by atoms with Gasteiger partial charge in [-0.05, 0) is 25.8 Å². The molecule has 0 aliphatic rings. The van der Waals surface area contributed by atoms with Crippen LogP contribution in [0.5, 0.6) is 0 Å². The maximum Gasteiger partial charge on any atom is 0.0904 e. The molecule has 0 amide bonds. The lowest BCUT2D eigenvalue weighted by Gasteiger charge is -2.07. The van der Waals surface area contributed by atoms with Gasteiger partial charge in [-0.15, -0.1) is 11.3 Å². The number of rotatable bonds is 5. The molecule has 0 unspecified atom stereocenters. The fraction of sp³-hybridized carbons (Fsp3) is 0.636. The molecule has 1 aromatic rings. The fourth-order valence-electron chi connectivity index (χ4n) is 1.14. The van der Waals surface area contributed by atoms with Crippen molar-refractivity contribution in [1.29, 1.82) is 0 Å². The van der Waals surface area contributed by atoms with Crippen LogP contribution in [-0.4, -0.2) is 12.6 Å². The maximum absolute atomic E-state index is 3.42. The molecule has 0 saturated carbocycles. The summed E-state index contributed by atoms with van der Waals surface area (Å²) in [6.45, 7) is 9.78. The predicted molar refractivity (Wildman–Crippen MR) is 66.4 cm³/mol. The zero-order chi connectivity index (χ0) is 10.6. The molecule has 0 spiro atoms. The Morgan fingerprint density at radius 3 is 2.57 bits per heavy atom. The number of hydrogen-bond donors (Lipinski definition) is 2. The second kappa shape index (κ2) is 5.25. The summed E-state index contributed by atoms with van der Waals surface area (Å²) in [6.07, 6.45) is 0. The summed E-state index contributed by atoms with van der Waals surface area (Å²) in [5.74, 6) is 0.693. The summed E-state index contributed by atoms with van der Waals surface area (Å²) >= 11 is 1.76. The highest BCUT2D eigenvalue weighted by atomic mass is 32.1. The highest BCUT2D eigenvalue weighted by molar-refractivity contribution is 7.14. The van der Waals surface area contributed by atoms with Gasteiger partial charge in [0.15, 0.2) is 0 Å². The van der Waals surface area contributed by atoms with E-state index in [-0.39, 0.29) is 0 Å². The lowest BCUT2D eigenvalue weighted by Crippen LogP contribution is -2.09. The van der Waals surface area contributed by atoms with Crippen molar-refractivity contribution in [3.63, 3.8) is 0 Å². The SMILES string of the molecule is CC(C)CNc1cc(NC(C)C)cs1. The van der Waals surface area contributed by atoms with E-state index >= 15 is 0 Å². The number of thiophene rings is 1. The molecule has 0 fully saturated rings. The van der Waals surface area contributed by atoms with Gasteiger partial charge in [0, 0.05) is 23.7 Å². The molecule has 0 bridgehead atoms. The van der Waals surface area contributed by atoms with Crippen LogP contribution in [-0.2, 0) is 0 Å². The van der Waals surface area contributed by atoms with E-state index in [0.717, 1.165) is 6.54 Å². The van der Waals surface area contributed by atoms with Crippen molar-refractivity contribution in [2.45, 2.75) is 33.7 Å². The van der Waals surface area contributed by atoms with Gasteiger partial charge in [-0.1, -0.05) is 13.8 Å². The first kappa shape index (κ1) is 11.4. The van der Waals surface area contributed by atoms with E-state index < -0.39 is 0 Å². The van der Waals surface area contributed by atoms with Crippen molar-refractivity contribution in [1.82, 2.24) is 0 Å². The molecule has 0 aliphatic heterocycles. The van der Waals surface area contributed by atoms with E-state index in [0.29, 0.717) is 12.0 Å². The molecule has 1 rings (SSSR count). The normalized spacial score (nSPS) is 11.0. The van der Waals surface area contributed by atoms with Gasteiger partial charge < -0.3 is 10.6 Å². The van der Waals surface area contributed by atoms with Crippen molar-refractivity contribution in [3.05, 3.63) is 11.4 Å². The van der Waals surface area contributed by atoms with E-state index in [1.54, 1.807) is 11.3 Å². The van der Waals surface area contributed by atoms with Crippen LogP contribution in [0.25, 0.3) is 0 Å². The minimum Gasteiger partial charge on any atom is -0.382 e.